The third-order valence-corrected chi connectivity index (χ3v) is 2.40. The molecule has 1 aromatic heterocycles. The van der Waals surface area contributed by atoms with Gasteiger partial charge in [0.15, 0.2) is 0 Å². The number of H-pyrrole nitrogens is 1. The van der Waals surface area contributed by atoms with E-state index in [1.54, 1.807) is 0 Å². The normalized spacial score (nSPS) is 10.2. The van der Waals surface area contributed by atoms with E-state index < -0.39 is 0 Å². The molecule has 17 heavy (non-hydrogen) atoms. The van der Waals surface area contributed by atoms with Crippen molar-refractivity contribution in [1.29, 1.82) is 0 Å². The summed E-state index contributed by atoms with van der Waals surface area (Å²) in [5.74, 6) is 0.632. The highest BCUT2D eigenvalue weighted by atomic mass is 16.1. The zero-order valence-electron chi connectivity index (χ0n) is 9.60. The Balaban J connectivity index is 1.83. The molecule has 0 radical (unpaired) electrons. The minimum atomic E-state index is -0.0229. The highest BCUT2D eigenvalue weighted by Gasteiger charge is 2.03. The van der Waals surface area contributed by atoms with Crippen LogP contribution in [0.4, 0.5) is 0 Å². The first kappa shape index (κ1) is 11.3. The van der Waals surface area contributed by atoms with Gasteiger partial charge in [0.1, 0.15) is 12.2 Å². The van der Waals surface area contributed by atoms with Crippen LogP contribution in [-0.2, 0) is 17.8 Å². The SMILES string of the molecule is Cc1ccc(CC(=O)NCc2ncn[nH]2)cc1. The van der Waals surface area contributed by atoms with E-state index in [1.807, 2.05) is 31.2 Å². The van der Waals surface area contributed by atoms with E-state index in [0.717, 1.165) is 5.56 Å². The van der Waals surface area contributed by atoms with Crippen LogP contribution in [-0.4, -0.2) is 21.1 Å². The fourth-order valence-electron chi connectivity index (χ4n) is 1.45. The number of hydrogen-bond acceptors (Lipinski definition) is 3. The van der Waals surface area contributed by atoms with Crippen molar-refractivity contribution in [3.05, 3.63) is 47.5 Å². The summed E-state index contributed by atoms with van der Waals surface area (Å²) in [6, 6.07) is 7.92. The van der Waals surface area contributed by atoms with E-state index in [4.69, 9.17) is 0 Å². The van der Waals surface area contributed by atoms with E-state index >= 15 is 0 Å². The maximum atomic E-state index is 11.6. The maximum Gasteiger partial charge on any atom is 0.224 e. The molecule has 0 saturated carbocycles. The Labute approximate surface area is 99.3 Å². The molecule has 0 aliphatic heterocycles. The van der Waals surface area contributed by atoms with Crippen molar-refractivity contribution in [3.63, 3.8) is 0 Å². The molecule has 0 fully saturated rings. The predicted molar refractivity (Wildman–Crippen MR) is 63.1 cm³/mol. The van der Waals surface area contributed by atoms with Gasteiger partial charge in [0, 0.05) is 0 Å². The molecule has 2 rings (SSSR count). The van der Waals surface area contributed by atoms with Gasteiger partial charge < -0.3 is 5.32 Å². The first-order chi connectivity index (χ1) is 8.24. The second kappa shape index (κ2) is 5.25. The number of rotatable bonds is 4. The number of nitrogens with one attached hydrogen (secondary N) is 2. The van der Waals surface area contributed by atoms with Gasteiger partial charge in [-0.2, -0.15) is 5.10 Å². The van der Waals surface area contributed by atoms with Crippen LogP contribution >= 0.6 is 0 Å². The lowest BCUT2D eigenvalue weighted by atomic mass is 10.1. The molecule has 2 N–H and O–H groups in total. The largest absolute Gasteiger partial charge is 0.349 e. The highest BCUT2D eigenvalue weighted by molar-refractivity contribution is 5.78. The van der Waals surface area contributed by atoms with Crippen molar-refractivity contribution in [2.24, 2.45) is 0 Å². The summed E-state index contributed by atoms with van der Waals surface area (Å²) < 4.78 is 0. The van der Waals surface area contributed by atoms with Crippen molar-refractivity contribution >= 4 is 5.91 Å². The van der Waals surface area contributed by atoms with Crippen LogP contribution in [0.25, 0.3) is 0 Å². The molecule has 0 bridgehead atoms. The van der Waals surface area contributed by atoms with Gasteiger partial charge in [-0.05, 0) is 12.5 Å². The first-order valence-corrected chi connectivity index (χ1v) is 5.40. The number of carbonyl (C=O) groups excluding carboxylic acids is 1. The number of amides is 1. The average Bonchev–Trinajstić information content (AvgIpc) is 2.83. The summed E-state index contributed by atoms with van der Waals surface area (Å²) >= 11 is 0. The zero-order chi connectivity index (χ0) is 12.1. The lowest BCUT2D eigenvalue weighted by Gasteiger charge is -2.03. The van der Waals surface area contributed by atoms with E-state index in [2.05, 4.69) is 20.5 Å². The number of aryl methyl sites for hydroxylation is 1. The van der Waals surface area contributed by atoms with Gasteiger partial charge in [0.05, 0.1) is 13.0 Å². The fourth-order valence-corrected chi connectivity index (χ4v) is 1.45. The first-order valence-electron chi connectivity index (χ1n) is 5.40. The Kier molecular flexibility index (Phi) is 3.49. The van der Waals surface area contributed by atoms with Gasteiger partial charge in [-0.3, -0.25) is 9.89 Å². The van der Waals surface area contributed by atoms with Gasteiger partial charge in [0.2, 0.25) is 5.91 Å². The molecule has 0 aliphatic carbocycles. The summed E-state index contributed by atoms with van der Waals surface area (Å²) in [6.45, 7) is 2.40. The standard InChI is InChI=1S/C12H14N4O/c1-9-2-4-10(5-3-9)6-12(17)13-7-11-14-8-15-16-11/h2-5,8H,6-7H2,1H3,(H,13,17)(H,14,15,16). The summed E-state index contributed by atoms with van der Waals surface area (Å²) in [6.07, 6.45) is 1.80. The molecule has 5 heteroatoms. The van der Waals surface area contributed by atoms with E-state index in [9.17, 15) is 4.79 Å². The van der Waals surface area contributed by atoms with Crippen molar-refractivity contribution in [3.8, 4) is 0 Å². The minimum Gasteiger partial charge on any atom is -0.349 e. The molecule has 0 unspecified atom stereocenters. The van der Waals surface area contributed by atoms with E-state index in [0.29, 0.717) is 18.8 Å². The Morgan fingerprint density at radius 3 is 2.76 bits per heavy atom. The van der Waals surface area contributed by atoms with Crippen LogP contribution in [0.2, 0.25) is 0 Å². The van der Waals surface area contributed by atoms with E-state index in [-0.39, 0.29) is 5.91 Å². The third-order valence-electron chi connectivity index (χ3n) is 2.40. The molecule has 1 amide bonds. The van der Waals surface area contributed by atoms with Gasteiger partial charge in [-0.15, -0.1) is 0 Å². The van der Waals surface area contributed by atoms with Crippen LogP contribution in [0.5, 0.6) is 0 Å². The minimum absolute atomic E-state index is 0.0229. The van der Waals surface area contributed by atoms with Crippen molar-refractivity contribution in [2.45, 2.75) is 19.9 Å². The molecule has 0 spiro atoms. The highest BCUT2D eigenvalue weighted by Crippen LogP contribution is 2.03. The Morgan fingerprint density at radius 2 is 2.12 bits per heavy atom. The van der Waals surface area contributed by atoms with Crippen LogP contribution in [0, 0.1) is 6.92 Å². The van der Waals surface area contributed by atoms with Crippen molar-refractivity contribution < 1.29 is 4.79 Å². The maximum absolute atomic E-state index is 11.6. The average molecular weight is 230 g/mol. The molecule has 5 nitrogen and oxygen atoms in total. The molecule has 0 atom stereocenters. The van der Waals surface area contributed by atoms with Crippen LogP contribution < -0.4 is 5.32 Å². The number of aromatic amines is 1. The molecule has 0 aliphatic rings. The smallest absolute Gasteiger partial charge is 0.224 e. The topological polar surface area (TPSA) is 70.7 Å². The third kappa shape index (κ3) is 3.41. The number of nitrogens with zero attached hydrogens (tertiary/aromatic N) is 2. The molecule has 2 aromatic rings. The van der Waals surface area contributed by atoms with Crippen LogP contribution in [0.3, 0.4) is 0 Å². The van der Waals surface area contributed by atoms with E-state index in [1.165, 1.54) is 11.9 Å². The summed E-state index contributed by atoms with van der Waals surface area (Å²) in [5.41, 5.74) is 2.20. The van der Waals surface area contributed by atoms with Gasteiger partial charge in [-0.25, -0.2) is 4.98 Å². The van der Waals surface area contributed by atoms with Crippen molar-refractivity contribution in [1.82, 2.24) is 20.5 Å². The van der Waals surface area contributed by atoms with Gasteiger partial charge in [0.25, 0.3) is 0 Å². The predicted octanol–water partition coefficient (Wildman–Crippen LogP) is 0.972. The molecule has 1 aromatic carbocycles. The lowest BCUT2D eigenvalue weighted by molar-refractivity contribution is -0.120. The quantitative estimate of drug-likeness (QED) is 0.822. The Hall–Kier alpha value is -2.17. The molecule has 1 heterocycles. The van der Waals surface area contributed by atoms with Crippen molar-refractivity contribution in [2.75, 3.05) is 0 Å². The fraction of sp³-hybridized carbons (Fsp3) is 0.250. The lowest BCUT2D eigenvalue weighted by Crippen LogP contribution is -2.25. The van der Waals surface area contributed by atoms with Gasteiger partial charge >= 0.3 is 0 Å². The molecule has 88 valence electrons. The molecular formula is C12H14N4O. The Morgan fingerprint density at radius 1 is 1.35 bits per heavy atom. The zero-order valence-corrected chi connectivity index (χ0v) is 9.60. The Bertz CT molecular complexity index is 476. The van der Waals surface area contributed by atoms with Gasteiger partial charge in [-0.1, -0.05) is 29.8 Å². The number of aromatic nitrogens is 3. The van der Waals surface area contributed by atoms with Crippen LogP contribution in [0.1, 0.15) is 17.0 Å². The summed E-state index contributed by atoms with van der Waals surface area (Å²) in [7, 11) is 0. The number of hydrogen-bond donors (Lipinski definition) is 2. The number of carbonyl (C=O) groups is 1. The second-order valence-corrected chi connectivity index (χ2v) is 3.87. The monoisotopic (exact) mass is 230 g/mol. The number of benzene rings is 1. The van der Waals surface area contributed by atoms with Crippen LogP contribution in [0.15, 0.2) is 30.6 Å². The molecular weight excluding hydrogens is 216 g/mol. The molecule has 0 saturated heterocycles. The summed E-state index contributed by atoms with van der Waals surface area (Å²) in [4.78, 5) is 15.5. The second-order valence-electron chi connectivity index (χ2n) is 3.87. The summed E-state index contributed by atoms with van der Waals surface area (Å²) in [5, 5.41) is 9.17.